The maximum atomic E-state index is 13.0. The number of benzene rings is 1. The monoisotopic (exact) mass is 297 g/mol. The van der Waals surface area contributed by atoms with Crippen LogP contribution in [0.4, 0.5) is 15.9 Å². The minimum absolute atomic E-state index is 0.0688. The summed E-state index contributed by atoms with van der Waals surface area (Å²) in [7, 11) is 0. The van der Waals surface area contributed by atoms with E-state index in [1.807, 2.05) is 0 Å². The molecule has 0 spiro atoms. The third kappa shape index (κ3) is 3.67. The van der Waals surface area contributed by atoms with Crippen LogP contribution < -0.4 is 16.3 Å². The van der Waals surface area contributed by atoms with E-state index in [2.05, 4.69) is 25.8 Å². The minimum atomic E-state index is -0.503. The van der Waals surface area contributed by atoms with Crippen molar-refractivity contribution in [2.45, 2.75) is 6.92 Å². The molecular weight excluding hydrogens is 285 g/mol. The Bertz CT molecular complexity index is 661. The normalized spacial score (nSPS) is 10.3. The third-order valence-electron chi connectivity index (χ3n) is 2.54. The lowest BCUT2D eigenvalue weighted by molar-refractivity contribution is 0.628. The van der Waals surface area contributed by atoms with E-state index in [-0.39, 0.29) is 5.02 Å². The zero-order chi connectivity index (χ0) is 14.5. The maximum Gasteiger partial charge on any atom is 0.363 e. The zero-order valence-corrected chi connectivity index (χ0v) is 11.5. The van der Waals surface area contributed by atoms with Crippen molar-refractivity contribution in [2.75, 3.05) is 23.7 Å². The fraction of sp³-hybridized carbons (Fsp3) is 0.250. The van der Waals surface area contributed by atoms with Crippen molar-refractivity contribution in [1.82, 2.24) is 15.2 Å². The smallest absolute Gasteiger partial charge is 0.363 e. The average molecular weight is 298 g/mol. The molecule has 1 aromatic heterocycles. The summed E-state index contributed by atoms with van der Waals surface area (Å²) in [6.07, 6.45) is 0. The number of hydrogen-bond donors (Lipinski definition) is 3. The van der Waals surface area contributed by atoms with Crippen LogP contribution in [-0.2, 0) is 0 Å². The molecule has 1 aromatic carbocycles. The van der Waals surface area contributed by atoms with Crippen LogP contribution >= 0.6 is 11.6 Å². The van der Waals surface area contributed by atoms with Crippen LogP contribution in [0.1, 0.15) is 5.69 Å². The SMILES string of the molecule is Cc1n[nH]c(=O)nc1NCCNc1ccc(F)c(Cl)c1. The molecule has 0 aliphatic heterocycles. The number of aromatic amines is 1. The zero-order valence-electron chi connectivity index (χ0n) is 10.7. The summed E-state index contributed by atoms with van der Waals surface area (Å²) in [6.45, 7) is 2.81. The molecule has 0 amide bonds. The molecule has 2 rings (SSSR count). The van der Waals surface area contributed by atoms with Gasteiger partial charge in [-0.05, 0) is 25.1 Å². The highest BCUT2D eigenvalue weighted by Gasteiger charge is 2.02. The van der Waals surface area contributed by atoms with Crippen molar-refractivity contribution >= 4 is 23.1 Å². The molecule has 0 aliphatic carbocycles. The van der Waals surface area contributed by atoms with E-state index in [9.17, 15) is 9.18 Å². The molecule has 2 aromatic rings. The molecular formula is C12H13ClFN5O. The van der Waals surface area contributed by atoms with Crippen molar-refractivity contribution in [3.8, 4) is 0 Å². The number of anilines is 2. The summed E-state index contributed by atoms with van der Waals surface area (Å²) in [6, 6.07) is 4.40. The van der Waals surface area contributed by atoms with Gasteiger partial charge in [0.2, 0.25) is 0 Å². The lowest BCUT2D eigenvalue weighted by Gasteiger charge is -2.09. The Kier molecular flexibility index (Phi) is 4.52. The molecule has 0 unspecified atom stereocenters. The fourth-order valence-electron chi connectivity index (χ4n) is 1.55. The Morgan fingerprint density at radius 3 is 2.85 bits per heavy atom. The number of H-pyrrole nitrogens is 1. The summed E-state index contributed by atoms with van der Waals surface area (Å²) in [5.74, 6) is -0.0163. The predicted molar refractivity (Wildman–Crippen MR) is 75.8 cm³/mol. The van der Waals surface area contributed by atoms with E-state index >= 15 is 0 Å². The van der Waals surface area contributed by atoms with Crippen LogP contribution in [0, 0.1) is 12.7 Å². The molecule has 3 N–H and O–H groups in total. The molecule has 0 saturated carbocycles. The second kappa shape index (κ2) is 6.33. The third-order valence-corrected chi connectivity index (χ3v) is 2.83. The Morgan fingerprint density at radius 2 is 2.10 bits per heavy atom. The summed E-state index contributed by atoms with van der Waals surface area (Å²) in [4.78, 5) is 14.8. The first-order valence-corrected chi connectivity index (χ1v) is 6.30. The van der Waals surface area contributed by atoms with Gasteiger partial charge in [-0.1, -0.05) is 11.6 Å². The summed E-state index contributed by atoms with van der Waals surface area (Å²) < 4.78 is 13.0. The highest BCUT2D eigenvalue weighted by atomic mass is 35.5. The van der Waals surface area contributed by atoms with E-state index in [4.69, 9.17) is 11.6 Å². The largest absolute Gasteiger partial charge is 0.383 e. The topological polar surface area (TPSA) is 82.7 Å². The number of nitrogens with one attached hydrogen (secondary N) is 3. The van der Waals surface area contributed by atoms with Crippen LogP contribution in [0.25, 0.3) is 0 Å². The quantitative estimate of drug-likeness (QED) is 0.733. The van der Waals surface area contributed by atoms with Gasteiger partial charge >= 0.3 is 5.69 Å². The molecule has 106 valence electrons. The molecule has 0 fully saturated rings. The molecule has 0 atom stereocenters. The van der Waals surface area contributed by atoms with Crippen LogP contribution in [0.5, 0.6) is 0 Å². The average Bonchev–Trinajstić information content (AvgIpc) is 2.42. The second-order valence-electron chi connectivity index (χ2n) is 4.06. The van der Waals surface area contributed by atoms with Crippen molar-refractivity contribution in [3.63, 3.8) is 0 Å². The number of hydrogen-bond acceptors (Lipinski definition) is 5. The van der Waals surface area contributed by atoms with Crippen LogP contribution in [0.3, 0.4) is 0 Å². The van der Waals surface area contributed by atoms with Crippen LogP contribution in [0.2, 0.25) is 5.02 Å². The first kappa shape index (κ1) is 14.3. The predicted octanol–water partition coefficient (Wildman–Crippen LogP) is 1.79. The molecule has 0 saturated heterocycles. The van der Waals surface area contributed by atoms with Gasteiger partial charge in [0.15, 0.2) is 5.82 Å². The van der Waals surface area contributed by atoms with Crippen LogP contribution in [0.15, 0.2) is 23.0 Å². The van der Waals surface area contributed by atoms with Gasteiger partial charge in [0.1, 0.15) is 11.5 Å². The van der Waals surface area contributed by atoms with E-state index < -0.39 is 11.5 Å². The molecule has 20 heavy (non-hydrogen) atoms. The number of aromatic nitrogens is 3. The Labute approximate surface area is 119 Å². The number of nitrogens with zero attached hydrogens (tertiary/aromatic N) is 2. The lowest BCUT2D eigenvalue weighted by Crippen LogP contribution is -2.20. The van der Waals surface area contributed by atoms with Gasteiger partial charge in [0, 0.05) is 18.8 Å². The van der Waals surface area contributed by atoms with Gasteiger partial charge in [0.05, 0.1) is 5.02 Å². The summed E-state index contributed by atoms with van der Waals surface area (Å²) in [5, 5.41) is 12.2. The molecule has 0 bridgehead atoms. The van der Waals surface area contributed by atoms with Crippen molar-refractivity contribution in [3.05, 3.63) is 45.2 Å². The van der Waals surface area contributed by atoms with E-state index in [0.717, 1.165) is 0 Å². The van der Waals surface area contributed by atoms with Gasteiger partial charge in [0.25, 0.3) is 0 Å². The standard InChI is InChI=1S/C12H13ClFN5O/c1-7-11(17-12(20)19-18-7)16-5-4-15-8-2-3-10(14)9(13)6-8/h2-3,6,15H,4-5H2,1H3,(H2,16,17,19,20). The van der Waals surface area contributed by atoms with Gasteiger partial charge in [-0.15, -0.1) is 0 Å². The van der Waals surface area contributed by atoms with Crippen LogP contribution in [-0.4, -0.2) is 28.3 Å². The van der Waals surface area contributed by atoms with Crippen molar-refractivity contribution in [2.24, 2.45) is 0 Å². The van der Waals surface area contributed by atoms with Gasteiger partial charge in [-0.25, -0.2) is 14.3 Å². The maximum absolute atomic E-state index is 13.0. The summed E-state index contributed by atoms with van der Waals surface area (Å²) in [5.41, 5.74) is 0.817. The fourth-order valence-corrected chi connectivity index (χ4v) is 1.73. The Hall–Kier alpha value is -2.15. The highest BCUT2D eigenvalue weighted by Crippen LogP contribution is 2.18. The first-order valence-electron chi connectivity index (χ1n) is 5.92. The Balaban J connectivity index is 1.86. The molecule has 6 nitrogen and oxygen atoms in total. The summed E-state index contributed by atoms with van der Waals surface area (Å²) >= 11 is 5.67. The molecule has 0 aliphatic rings. The van der Waals surface area contributed by atoms with E-state index in [1.54, 1.807) is 13.0 Å². The number of rotatable bonds is 5. The number of halogens is 2. The minimum Gasteiger partial charge on any atom is -0.383 e. The Morgan fingerprint density at radius 1 is 1.35 bits per heavy atom. The molecule has 0 radical (unpaired) electrons. The van der Waals surface area contributed by atoms with Crippen molar-refractivity contribution < 1.29 is 4.39 Å². The first-order chi connectivity index (χ1) is 9.56. The van der Waals surface area contributed by atoms with E-state index in [0.29, 0.717) is 30.3 Å². The molecule has 8 heteroatoms. The number of aryl methyl sites for hydroxylation is 1. The highest BCUT2D eigenvalue weighted by molar-refractivity contribution is 6.31. The van der Waals surface area contributed by atoms with Gasteiger partial charge in [-0.2, -0.15) is 10.1 Å². The van der Waals surface area contributed by atoms with E-state index in [1.165, 1.54) is 12.1 Å². The van der Waals surface area contributed by atoms with Gasteiger partial charge < -0.3 is 10.6 Å². The second-order valence-corrected chi connectivity index (χ2v) is 4.46. The molecule has 1 heterocycles. The van der Waals surface area contributed by atoms with Gasteiger partial charge in [-0.3, -0.25) is 0 Å². The lowest BCUT2D eigenvalue weighted by atomic mass is 10.3. The van der Waals surface area contributed by atoms with Crippen molar-refractivity contribution in [1.29, 1.82) is 0 Å².